The molecule has 0 aliphatic rings. The van der Waals surface area contributed by atoms with Crippen LogP contribution in [0.15, 0.2) is 36.5 Å². The lowest BCUT2D eigenvalue weighted by Gasteiger charge is -2.19. The van der Waals surface area contributed by atoms with Crippen molar-refractivity contribution in [3.63, 3.8) is 0 Å². The molecule has 2 amide bonds. The lowest BCUT2D eigenvalue weighted by atomic mass is 10.2. The average molecular weight is 341 g/mol. The Bertz CT molecular complexity index is 766. The molecule has 6 nitrogen and oxygen atoms in total. The third-order valence-electron chi connectivity index (χ3n) is 3.70. The number of amides is 2. The molecule has 0 bridgehead atoms. The van der Waals surface area contributed by atoms with E-state index >= 15 is 0 Å². The highest BCUT2D eigenvalue weighted by atomic mass is 19.1. The number of benzene rings is 1. The van der Waals surface area contributed by atoms with Crippen molar-refractivity contribution >= 4 is 17.5 Å². The topological polar surface area (TPSA) is 81.0 Å². The van der Waals surface area contributed by atoms with Crippen LogP contribution >= 0.6 is 0 Å². The molecule has 0 atom stereocenters. The molecule has 1 aromatic carbocycles. The summed E-state index contributed by atoms with van der Waals surface area (Å²) in [6.07, 6.45) is 1.71. The fraction of sp³-hybridized carbons (Fsp3) is 0.278. The van der Waals surface area contributed by atoms with Crippen molar-refractivity contribution < 1.29 is 9.18 Å². The number of nitriles is 1. The van der Waals surface area contributed by atoms with Gasteiger partial charge in [0.1, 0.15) is 17.7 Å². The lowest BCUT2D eigenvalue weighted by molar-refractivity contribution is 0.251. The van der Waals surface area contributed by atoms with Gasteiger partial charge in [0, 0.05) is 25.8 Å². The van der Waals surface area contributed by atoms with Crippen molar-refractivity contribution in [2.75, 3.05) is 23.3 Å². The standard InChI is InChI=1S/C18H20FN5O/c1-3-24(4-2)17-8-5-13(11-21-17)12-22-18(25)23-16-7-6-15(19)9-14(16)10-20/h5-9,11H,3-4,12H2,1-2H3,(H2,22,23,25). The Morgan fingerprint density at radius 1 is 1.28 bits per heavy atom. The first-order valence-corrected chi connectivity index (χ1v) is 8.01. The largest absolute Gasteiger partial charge is 0.357 e. The van der Waals surface area contributed by atoms with E-state index in [0.29, 0.717) is 6.54 Å². The Kier molecular flexibility index (Phi) is 6.29. The normalized spacial score (nSPS) is 10.0. The van der Waals surface area contributed by atoms with E-state index in [-0.39, 0.29) is 11.3 Å². The summed E-state index contributed by atoms with van der Waals surface area (Å²) in [5, 5.41) is 14.2. The molecular formula is C18H20FN5O. The van der Waals surface area contributed by atoms with E-state index in [4.69, 9.17) is 5.26 Å². The molecule has 2 rings (SSSR count). The second kappa shape index (κ2) is 8.64. The summed E-state index contributed by atoms with van der Waals surface area (Å²) in [6, 6.07) is 8.80. The molecule has 2 aromatic rings. The number of aromatic nitrogens is 1. The Balaban J connectivity index is 1.93. The van der Waals surface area contributed by atoms with Crippen LogP contribution in [-0.4, -0.2) is 24.1 Å². The van der Waals surface area contributed by atoms with E-state index in [9.17, 15) is 9.18 Å². The van der Waals surface area contributed by atoms with Gasteiger partial charge in [-0.2, -0.15) is 5.26 Å². The molecule has 0 unspecified atom stereocenters. The van der Waals surface area contributed by atoms with E-state index < -0.39 is 11.8 Å². The minimum atomic E-state index is -0.526. The minimum Gasteiger partial charge on any atom is -0.357 e. The summed E-state index contributed by atoms with van der Waals surface area (Å²) in [5.41, 5.74) is 1.18. The van der Waals surface area contributed by atoms with Gasteiger partial charge in [0.25, 0.3) is 0 Å². The molecule has 25 heavy (non-hydrogen) atoms. The van der Waals surface area contributed by atoms with Gasteiger partial charge in [-0.15, -0.1) is 0 Å². The number of anilines is 2. The maximum atomic E-state index is 13.1. The number of urea groups is 1. The number of rotatable bonds is 6. The Hall–Kier alpha value is -3.14. The Labute approximate surface area is 146 Å². The number of nitrogens with zero attached hydrogens (tertiary/aromatic N) is 3. The zero-order chi connectivity index (χ0) is 18.2. The number of halogens is 1. The SMILES string of the molecule is CCN(CC)c1ccc(CNC(=O)Nc2ccc(F)cc2C#N)cn1. The van der Waals surface area contributed by atoms with Crippen LogP contribution in [0.3, 0.4) is 0 Å². The van der Waals surface area contributed by atoms with Crippen LogP contribution in [-0.2, 0) is 6.54 Å². The second-order valence-corrected chi connectivity index (χ2v) is 5.31. The highest BCUT2D eigenvalue weighted by Crippen LogP contribution is 2.16. The molecule has 7 heteroatoms. The molecule has 0 radical (unpaired) electrons. The molecule has 130 valence electrons. The number of hydrogen-bond donors (Lipinski definition) is 2. The maximum Gasteiger partial charge on any atom is 0.319 e. The van der Waals surface area contributed by atoms with Gasteiger partial charge in [-0.1, -0.05) is 6.07 Å². The maximum absolute atomic E-state index is 13.1. The summed E-state index contributed by atoms with van der Waals surface area (Å²) < 4.78 is 13.1. The quantitative estimate of drug-likeness (QED) is 0.845. The molecule has 0 saturated carbocycles. The molecule has 2 N–H and O–H groups in total. The highest BCUT2D eigenvalue weighted by Gasteiger charge is 2.08. The first-order chi connectivity index (χ1) is 12.1. The number of hydrogen-bond acceptors (Lipinski definition) is 4. The summed E-state index contributed by atoms with van der Waals surface area (Å²) in [4.78, 5) is 18.5. The predicted molar refractivity (Wildman–Crippen MR) is 94.8 cm³/mol. The summed E-state index contributed by atoms with van der Waals surface area (Å²) >= 11 is 0. The van der Waals surface area contributed by atoms with Gasteiger partial charge >= 0.3 is 6.03 Å². The fourth-order valence-electron chi connectivity index (χ4n) is 2.32. The van der Waals surface area contributed by atoms with Crippen molar-refractivity contribution in [1.82, 2.24) is 10.3 Å². The third kappa shape index (κ3) is 4.91. The first kappa shape index (κ1) is 18.2. The van der Waals surface area contributed by atoms with Crippen LogP contribution < -0.4 is 15.5 Å². The molecule has 0 spiro atoms. The van der Waals surface area contributed by atoms with E-state index in [1.807, 2.05) is 18.2 Å². The number of carbonyl (C=O) groups excluding carboxylic acids is 1. The van der Waals surface area contributed by atoms with Crippen LogP contribution in [0, 0.1) is 17.1 Å². The molecule has 0 aliphatic carbocycles. The van der Waals surface area contributed by atoms with Gasteiger partial charge in [0.2, 0.25) is 0 Å². The van der Waals surface area contributed by atoms with Crippen LogP contribution in [0.4, 0.5) is 20.7 Å². The van der Waals surface area contributed by atoms with Gasteiger partial charge in [-0.3, -0.25) is 0 Å². The van der Waals surface area contributed by atoms with Crippen molar-refractivity contribution in [3.8, 4) is 6.07 Å². The van der Waals surface area contributed by atoms with Gasteiger partial charge < -0.3 is 15.5 Å². The molecular weight excluding hydrogens is 321 g/mol. The lowest BCUT2D eigenvalue weighted by Crippen LogP contribution is -2.28. The van der Waals surface area contributed by atoms with Crippen molar-refractivity contribution in [2.45, 2.75) is 20.4 Å². The van der Waals surface area contributed by atoms with Crippen molar-refractivity contribution in [1.29, 1.82) is 5.26 Å². The minimum absolute atomic E-state index is 0.0698. The van der Waals surface area contributed by atoms with Gasteiger partial charge in [0.05, 0.1) is 11.3 Å². The first-order valence-electron chi connectivity index (χ1n) is 8.01. The zero-order valence-electron chi connectivity index (χ0n) is 14.2. The third-order valence-corrected chi connectivity index (χ3v) is 3.70. The van der Waals surface area contributed by atoms with E-state index in [2.05, 4.69) is 34.4 Å². The number of carbonyl (C=O) groups is 1. The van der Waals surface area contributed by atoms with Crippen LogP contribution in [0.25, 0.3) is 0 Å². The van der Waals surface area contributed by atoms with Gasteiger partial charge in [0.15, 0.2) is 0 Å². The summed E-state index contributed by atoms with van der Waals surface area (Å²) in [7, 11) is 0. The Morgan fingerprint density at radius 2 is 2.04 bits per heavy atom. The molecule has 0 fully saturated rings. The van der Waals surface area contributed by atoms with E-state index in [0.717, 1.165) is 30.5 Å². The smallest absolute Gasteiger partial charge is 0.319 e. The summed E-state index contributed by atoms with van der Waals surface area (Å²) in [6.45, 7) is 6.18. The predicted octanol–water partition coefficient (Wildman–Crippen LogP) is 3.26. The van der Waals surface area contributed by atoms with Crippen LogP contribution in [0.5, 0.6) is 0 Å². The van der Waals surface area contributed by atoms with Gasteiger partial charge in [-0.25, -0.2) is 14.2 Å². The fourth-order valence-corrected chi connectivity index (χ4v) is 2.32. The molecule has 0 saturated heterocycles. The molecule has 1 aromatic heterocycles. The zero-order valence-corrected chi connectivity index (χ0v) is 14.2. The average Bonchev–Trinajstić information content (AvgIpc) is 2.63. The highest BCUT2D eigenvalue weighted by molar-refractivity contribution is 5.90. The monoisotopic (exact) mass is 341 g/mol. The van der Waals surface area contributed by atoms with E-state index in [1.165, 1.54) is 12.1 Å². The number of pyridine rings is 1. The van der Waals surface area contributed by atoms with Crippen molar-refractivity contribution in [3.05, 3.63) is 53.5 Å². The second-order valence-electron chi connectivity index (χ2n) is 5.31. The Morgan fingerprint density at radius 3 is 2.64 bits per heavy atom. The van der Waals surface area contributed by atoms with E-state index in [1.54, 1.807) is 6.20 Å². The molecule has 1 heterocycles. The van der Waals surface area contributed by atoms with Crippen molar-refractivity contribution in [2.24, 2.45) is 0 Å². The number of nitrogens with one attached hydrogen (secondary N) is 2. The van der Waals surface area contributed by atoms with Crippen LogP contribution in [0.1, 0.15) is 25.0 Å². The summed E-state index contributed by atoms with van der Waals surface area (Å²) in [5.74, 6) is 0.366. The van der Waals surface area contributed by atoms with Gasteiger partial charge in [-0.05, 0) is 43.7 Å². The van der Waals surface area contributed by atoms with Crippen LogP contribution in [0.2, 0.25) is 0 Å². The molecule has 0 aliphatic heterocycles.